The topological polar surface area (TPSA) is 57.1 Å². The van der Waals surface area contributed by atoms with E-state index in [2.05, 4.69) is 5.16 Å². The molecule has 0 spiro atoms. The minimum atomic E-state index is -0.525. The number of nitrogens with zero attached hydrogens (tertiary/aromatic N) is 1. The van der Waals surface area contributed by atoms with Gasteiger partial charge in [0.2, 0.25) is 6.10 Å². The fraction of sp³-hybridized carbons (Fsp3) is 0.429. The Labute approximate surface area is 112 Å². The largest absolute Gasteiger partial charge is 0.471 e. The molecule has 5 nitrogen and oxygen atoms in total. The van der Waals surface area contributed by atoms with E-state index in [4.69, 9.17) is 14.3 Å². The fourth-order valence-electron chi connectivity index (χ4n) is 1.66. The summed E-state index contributed by atoms with van der Waals surface area (Å²) in [6, 6.07) is 9.72. The highest BCUT2D eigenvalue weighted by atomic mass is 16.7. The number of oxime groups is 1. The molecule has 102 valence electrons. The van der Waals surface area contributed by atoms with E-state index in [0.717, 1.165) is 12.0 Å². The molecule has 19 heavy (non-hydrogen) atoms. The molecule has 0 N–H and O–H groups in total. The molecule has 5 heteroatoms. The number of rotatable bonds is 5. The highest BCUT2D eigenvalue weighted by molar-refractivity contribution is 5.84. The van der Waals surface area contributed by atoms with Gasteiger partial charge in [0.25, 0.3) is 5.90 Å². The molecule has 1 aliphatic heterocycles. The van der Waals surface area contributed by atoms with Crippen molar-refractivity contribution >= 4 is 11.9 Å². The van der Waals surface area contributed by atoms with Crippen molar-refractivity contribution < 1.29 is 19.1 Å². The first-order valence-corrected chi connectivity index (χ1v) is 6.35. The highest BCUT2D eigenvalue weighted by Gasteiger charge is 2.28. The number of esters is 1. The fourth-order valence-corrected chi connectivity index (χ4v) is 1.66. The SMILES string of the molecule is CCCC(=O)OC1CON=C1OCc1ccccc1. The zero-order chi connectivity index (χ0) is 13.5. The molecule has 1 heterocycles. The van der Waals surface area contributed by atoms with Gasteiger partial charge in [0, 0.05) is 6.42 Å². The number of ether oxygens (including phenoxy) is 2. The Morgan fingerprint density at radius 2 is 2.21 bits per heavy atom. The molecular weight excluding hydrogens is 246 g/mol. The molecular formula is C14H17NO4. The Bertz CT molecular complexity index is 444. The van der Waals surface area contributed by atoms with Gasteiger partial charge in [-0.15, -0.1) is 0 Å². The lowest BCUT2D eigenvalue weighted by Crippen LogP contribution is -2.28. The average molecular weight is 263 g/mol. The molecule has 0 fully saturated rings. The highest BCUT2D eigenvalue weighted by Crippen LogP contribution is 2.11. The van der Waals surface area contributed by atoms with Crippen LogP contribution in [0.5, 0.6) is 0 Å². The van der Waals surface area contributed by atoms with Gasteiger partial charge in [-0.05, 0) is 17.1 Å². The zero-order valence-electron chi connectivity index (χ0n) is 10.9. The molecule has 0 saturated heterocycles. The lowest BCUT2D eigenvalue weighted by molar-refractivity contribution is -0.147. The normalized spacial score (nSPS) is 17.5. The standard InChI is InChI=1S/C14H17NO4/c1-2-6-13(16)19-12-10-18-15-14(12)17-9-11-7-4-3-5-8-11/h3-5,7-8,12H,2,6,9-10H2,1H3. The Kier molecular flexibility index (Phi) is 4.78. The van der Waals surface area contributed by atoms with Gasteiger partial charge in [0.15, 0.2) is 6.61 Å². The predicted octanol–water partition coefficient (Wildman–Crippen LogP) is 2.26. The molecule has 1 atom stereocenters. The molecule has 1 aromatic rings. The molecule has 0 amide bonds. The summed E-state index contributed by atoms with van der Waals surface area (Å²) in [5.74, 6) is 0.0716. The van der Waals surface area contributed by atoms with E-state index in [-0.39, 0.29) is 12.6 Å². The van der Waals surface area contributed by atoms with Crippen molar-refractivity contribution in [1.29, 1.82) is 0 Å². The van der Waals surface area contributed by atoms with Crippen LogP contribution >= 0.6 is 0 Å². The number of hydrogen-bond acceptors (Lipinski definition) is 5. The van der Waals surface area contributed by atoms with Crippen LogP contribution in [0.4, 0.5) is 0 Å². The van der Waals surface area contributed by atoms with Crippen molar-refractivity contribution in [2.24, 2.45) is 5.16 Å². The summed E-state index contributed by atoms with van der Waals surface area (Å²) in [6.45, 7) is 2.53. The Hall–Kier alpha value is -2.04. The van der Waals surface area contributed by atoms with Crippen LogP contribution in [-0.2, 0) is 25.7 Å². The summed E-state index contributed by atoms with van der Waals surface area (Å²) in [5, 5.41) is 3.76. The second kappa shape index (κ2) is 6.78. The van der Waals surface area contributed by atoms with Crippen LogP contribution in [0.3, 0.4) is 0 Å². The average Bonchev–Trinajstić information content (AvgIpc) is 2.85. The van der Waals surface area contributed by atoms with Crippen LogP contribution in [0.1, 0.15) is 25.3 Å². The minimum Gasteiger partial charge on any atom is -0.471 e. The maximum atomic E-state index is 11.4. The summed E-state index contributed by atoms with van der Waals surface area (Å²) >= 11 is 0. The summed E-state index contributed by atoms with van der Waals surface area (Å²) in [7, 11) is 0. The molecule has 0 bridgehead atoms. The van der Waals surface area contributed by atoms with E-state index in [1.807, 2.05) is 37.3 Å². The van der Waals surface area contributed by atoms with E-state index in [9.17, 15) is 4.79 Å². The zero-order valence-corrected chi connectivity index (χ0v) is 10.9. The molecule has 1 aromatic carbocycles. The van der Waals surface area contributed by atoms with E-state index >= 15 is 0 Å². The lowest BCUT2D eigenvalue weighted by atomic mass is 10.2. The first kappa shape index (κ1) is 13.4. The first-order valence-electron chi connectivity index (χ1n) is 6.35. The molecule has 2 rings (SSSR count). The number of hydrogen-bond donors (Lipinski definition) is 0. The number of benzene rings is 1. The van der Waals surface area contributed by atoms with E-state index < -0.39 is 6.10 Å². The van der Waals surface area contributed by atoms with E-state index in [0.29, 0.717) is 18.9 Å². The van der Waals surface area contributed by atoms with Crippen LogP contribution in [0.25, 0.3) is 0 Å². The Morgan fingerprint density at radius 1 is 1.42 bits per heavy atom. The molecule has 0 aromatic heterocycles. The van der Waals surface area contributed by atoms with E-state index in [1.165, 1.54) is 0 Å². The molecule has 1 unspecified atom stereocenters. The third kappa shape index (κ3) is 3.98. The van der Waals surface area contributed by atoms with Gasteiger partial charge in [0.05, 0.1) is 0 Å². The van der Waals surface area contributed by atoms with Gasteiger partial charge < -0.3 is 14.3 Å². The molecule has 0 radical (unpaired) electrons. The van der Waals surface area contributed by atoms with Crippen molar-refractivity contribution in [1.82, 2.24) is 0 Å². The van der Waals surface area contributed by atoms with Crippen molar-refractivity contribution in [3.8, 4) is 0 Å². The second-order valence-corrected chi connectivity index (χ2v) is 4.23. The summed E-state index contributed by atoms with van der Waals surface area (Å²) < 4.78 is 10.8. The van der Waals surface area contributed by atoms with Crippen molar-refractivity contribution in [2.75, 3.05) is 6.61 Å². The third-order valence-corrected chi connectivity index (χ3v) is 2.61. The second-order valence-electron chi connectivity index (χ2n) is 4.23. The van der Waals surface area contributed by atoms with Crippen molar-refractivity contribution in [3.05, 3.63) is 35.9 Å². The van der Waals surface area contributed by atoms with Gasteiger partial charge >= 0.3 is 5.97 Å². The molecule has 0 saturated carbocycles. The maximum Gasteiger partial charge on any atom is 0.306 e. The summed E-state index contributed by atoms with van der Waals surface area (Å²) in [6.07, 6.45) is 0.620. The number of carbonyl (C=O) groups is 1. The smallest absolute Gasteiger partial charge is 0.306 e. The summed E-state index contributed by atoms with van der Waals surface area (Å²) in [4.78, 5) is 16.4. The van der Waals surface area contributed by atoms with Gasteiger partial charge in [-0.25, -0.2) is 0 Å². The van der Waals surface area contributed by atoms with E-state index in [1.54, 1.807) is 0 Å². The predicted molar refractivity (Wildman–Crippen MR) is 69.4 cm³/mol. The summed E-state index contributed by atoms with van der Waals surface area (Å²) in [5.41, 5.74) is 1.02. The van der Waals surface area contributed by atoms with Gasteiger partial charge in [-0.3, -0.25) is 4.79 Å². The Balaban J connectivity index is 1.84. The van der Waals surface area contributed by atoms with Crippen molar-refractivity contribution in [2.45, 2.75) is 32.5 Å². The van der Waals surface area contributed by atoms with Gasteiger partial charge in [-0.1, -0.05) is 37.3 Å². The van der Waals surface area contributed by atoms with Crippen LogP contribution < -0.4 is 0 Å². The van der Waals surface area contributed by atoms with Crippen LogP contribution in [0.15, 0.2) is 35.5 Å². The Morgan fingerprint density at radius 3 is 2.95 bits per heavy atom. The molecule has 0 aliphatic carbocycles. The monoisotopic (exact) mass is 263 g/mol. The van der Waals surface area contributed by atoms with Crippen LogP contribution in [0, 0.1) is 0 Å². The van der Waals surface area contributed by atoms with Crippen molar-refractivity contribution in [3.63, 3.8) is 0 Å². The van der Waals surface area contributed by atoms with Crippen LogP contribution in [-0.4, -0.2) is 24.6 Å². The van der Waals surface area contributed by atoms with Crippen LogP contribution in [0.2, 0.25) is 0 Å². The molecule has 1 aliphatic rings. The van der Waals surface area contributed by atoms with Gasteiger partial charge in [-0.2, -0.15) is 0 Å². The quantitative estimate of drug-likeness (QED) is 0.765. The number of carbonyl (C=O) groups excluding carboxylic acids is 1. The first-order chi connectivity index (χ1) is 9.29. The maximum absolute atomic E-state index is 11.4. The lowest BCUT2D eigenvalue weighted by Gasteiger charge is -2.12. The minimum absolute atomic E-state index is 0.222. The third-order valence-electron chi connectivity index (χ3n) is 2.61. The van der Waals surface area contributed by atoms with Gasteiger partial charge in [0.1, 0.15) is 6.61 Å².